The van der Waals surface area contributed by atoms with Crippen molar-refractivity contribution in [3.8, 4) is 5.75 Å². The summed E-state index contributed by atoms with van der Waals surface area (Å²) in [6.07, 6.45) is 1.15. The maximum Gasteiger partial charge on any atom is 0.256 e. The Kier molecular flexibility index (Phi) is 5.16. The second-order valence-corrected chi connectivity index (χ2v) is 5.99. The zero-order valence-corrected chi connectivity index (χ0v) is 14.2. The Morgan fingerprint density at radius 3 is 2.38 bits per heavy atom. The summed E-state index contributed by atoms with van der Waals surface area (Å²) < 4.78 is 10.8. The van der Waals surface area contributed by atoms with Crippen molar-refractivity contribution in [3.63, 3.8) is 0 Å². The molecule has 4 nitrogen and oxygen atoms in total. The van der Waals surface area contributed by atoms with Crippen LogP contribution in [0.15, 0.2) is 48.5 Å². The summed E-state index contributed by atoms with van der Waals surface area (Å²) >= 11 is 0. The molecule has 126 valence electrons. The molecule has 0 saturated heterocycles. The molecule has 3 rings (SSSR count). The summed E-state index contributed by atoms with van der Waals surface area (Å²) in [6.45, 7) is 1.41. The highest BCUT2D eigenvalue weighted by Gasteiger charge is 2.27. The average molecular weight is 325 g/mol. The van der Waals surface area contributed by atoms with E-state index in [1.807, 2.05) is 41.3 Å². The van der Waals surface area contributed by atoms with Crippen molar-refractivity contribution in [3.05, 3.63) is 65.2 Å². The number of nitrogens with zero attached hydrogens (tertiary/aromatic N) is 1. The molecule has 0 N–H and O–H groups in total. The number of methoxy groups -OCH3 is 2. The lowest BCUT2D eigenvalue weighted by Gasteiger charge is -2.25. The number of rotatable bonds is 4. The summed E-state index contributed by atoms with van der Waals surface area (Å²) in [4.78, 5) is 14.8. The Balaban J connectivity index is 1.75. The fraction of sp³-hybridized carbons (Fsp3) is 0.350. The zero-order valence-electron chi connectivity index (χ0n) is 14.2. The number of hydrogen-bond donors (Lipinski definition) is 0. The second kappa shape index (κ2) is 7.49. The number of amides is 1. The Morgan fingerprint density at radius 1 is 1.00 bits per heavy atom. The Morgan fingerprint density at radius 2 is 1.71 bits per heavy atom. The molecule has 0 bridgehead atoms. The van der Waals surface area contributed by atoms with Gasteiger partial charge in [0.05, 0.1) is 7.11 Å². The third-order valence-corrected chi connectivity index (χ3v) is 4.59. The molecule has 1 aliphatic rings. The van der Waals surface area contributed by atoms with Crippen LogP contribution < -0.4 is 4.74 Å². The molecule has 2 aromatic rings. The van der Waals surface area contributed by atoms with Crippen LogP contribution in [0.25, 0.3) is 0 Å². The van der Waals surface area contributed by atoms with Crippen LogP contribution >= 0.6 is 0 Å². The van der Waals surface area contributed by atoms with Crippen LogP contribution in [-0.2, 0) is 22.4 Å². The fourth-order valence-electron chi connectivity index (χ4n) is 3.22. The van der Waals surface area contributed by atoms with Crippen LogP contribution in [0, 0.1) is 0 Å². The van der Waals surface area contributed by atoms with Gasteiger partial charge in [0.2, 0.25) is 0 Å². The van der Waals surface area contributed by atoms with Gasteiger partial charge in [-0.2, -0.15) is 0 Å². The van der Waals surface area contributed by atoms with E-state index < -0.39 is 6.10 Å². The summed E-state index contributed by atoms with van der Waals surface area (Å²) in [5, 5.41) is 0. The predicted molar refractivity (Wildman–Crippen MR) is 93.2 cm³/mol. The van der Waals surface area contributed by atoms with E-state index in [-0.39, 0.29) is 5.91 Å². The molecule has 1 heterocycles. The maximum atomic E-state index is 12.9. The molecule has 0 spiro atoms. The van der Waals surface area contributed by atoms with Crippen LogP contribution in [0.2, 0.25) is 0 Å². The SMILES string of the molecule is COc1ccc2c(c1)CCN(C(=O)C(OC)c1ccccc1)CC2. The van der Waals surface area contributed by atoms with Crippen molar-refractivity contribution in [1.82, 2.24) is 4.90 Å². The first-order chi connectivity index (χ1) is 11.7. The lowest BCUT2D eigenvalue weighted by molar-refractivity contribution is -0.142. The summed E-state index contributed by atoms with van der Waals surface area (Å²) in [6, 6.07) is 15.8. The van der Waals surface area contributed by atoms with Gasteiger partial charge >= 0.3 is 0 Å². The Hall–Kier alpha value is -2.33. The van der Waals surface area contributed by atoms with Gasteiger partial charge in [-0.3, -0.25) is 4.79 Å². The van der Waals surface area contributed by atoms with Crippen molar-refractivity contribution >= 4 is 5.91 Å². The van der Waals surface area contributed by atoms with Crippen molar-refractivity contribution in [2.75, 3.05) is 27.3 Å². The highest BCUT2D eigenvalue weighted by Crippen LogP contribution is 2.24. The second-order valence-electron chi connectivity index (χ2n) is 5.99. The molecular formula is C20H23NO3. The van der Waals surface area contributed by atoms with Gasteiger partial charge in [0.15, 0.2) is 6.10 Å². The van der Waals surface area contributed by atoms with E-state index in [9.17, 15) is 4.79 Å². The first-order valence-electron chi connectivity index (χ1n) is 8.25. The summed E-state index contributed by atoms with van der Waals surface area (Å²) in [5.74, 6) is 0.899. The van der Waals surface area contributed by atoms with Crippen LogP contribution in [-0.4, -0.2) is 38.1 Å². The topological polar surface area (TPSA) is 38.8 Å². The summed E-state index contributed by atoms with van der Waals surface area (Å²) in [5.41, 5.74) is 3.45. The first-order valence-corrected chi connectivity index (χ1v) is 8.25. The molecule has 1 aliphatic heterocycles. The molecular weight excluding hydrogens is 302 g/mol. The van der Waals surface area contributed by atoms with E-state index in [1.54, 1.807) is 14.2 Å². The number of hydrogen-bond acceptors (Lipinski definition) is 3. The highest BCUT2D eigenvalue weighted by molar-refractivity contribution is 5.82. The lowest BCUT2D eigenvalue weighted by atomic mass is 10.0. The van der Waals surface area contributed by atoms with Crippen LogP contribution in [0.3, 0.4) is 0 Å². The number of carbonyl (C=O) groups excluding carboxylic acids is 1. The maximum absolute atomic E-state index is 12.9. The largest absolute Gasteiger partial charge is 0.497 e. The highest BCUT2D eigenvalue weighted by atomic mass is 16.5. The molecule has 0 fully saturated rings. The van der Waals surface area contributed by atoms with E-state index in [4.69, 9.17) is 9.47 Å². The number of ether oxygens (including phenoxy) is 2. The molecule has 24 heavy (non-hydrogen) atoms. The normalized spacial score (nSPS) is 15.3. The number of carbonyl (C=O) groups is 1. The van der Waals surface area contributed by atoms with E-state index in [1.165, 1.54) is 11.1 Å². The average Bonchev–Trinajstić information content (AvgIpc) is 2.85. The van der Waals surface area contributed by atoms with Crippen molar-refractivity contribution < 1.29 is 14.3 Å². The van der Waals surface area contributed by atoms with Gasteiger partial charge in [-0.1, -0.05) is 36.4 Å². The van der Waals surface area contributed by atoms with E-state index in [0.29, 0.717) is 13.1 Å². The first kappa shape index (κ1) is 16.5. The molecule has 0 aromatic heterocycles. The third kappa shape index (κ3) is 3.44. The standard InChI is InChI=1S/C20H23NO3/c1-23-18-9-8-15-10-12-21(13-11-17(15)14-18)20(22)19(24-2)16-6-4-3-5-7-16/h3-9,14,19H,10-13H2,1-2H3. The molecule has 1 unspecified atom stereocenters. The minimum absolute atomic E-state index is 0.0310. The van der Waals surface area contributed by atoms with Crippen LogP contribution in [0.4, 0.5) is 0 Å². The fourth-order valence-corrected chi connectivity index (χ4v) is 3.22. The van der Waals surface area contributed by atoms with Crippen molar-refractivity contribution in [1.29, 1.82) is 0 Å². The smallest absolute Gasteiger partial charge is 0.256 e. The molecule has 4 heteroatoms. The quantitative estimate of drug-likeness (QED) is 0.867. The molecule has 1 atom stereocenters. The van der Waals surface area contributed by atoms with Gasteiger partial charge in [0.25, 0.3) is 5.91 Å². The predicted octanol–water partition coefficient (Wildman–Crippen LogP) is 3.01. The van der Waals surface area contributed by atoms with Gasteiger partial charge < -0.3 is 14.4 Å². The van der Waals surface area contributed by atoms with Gasteiger partial charge in [0, 0.05) is 20.2 Å². The number of fused-ring (bicyclic) bond motifs is 1. The lowest BCUT2D eigenvalue weighted by Crippen LogP contribution is -2.37. The third-order valence-electron chi connectivity index (χ3n) is 4.59. The van der Waals surface area contributed by atoms with E-state index >= 15 is 0 Å². The summed E-state index contributed by atoms with van der Waals surface area (Å²) in [7, 11) is 3.27. The Bertz CT molecular complexity index is 699. The van der Waals surface area contributed by atoms with Gasteiger partial charge in [-0.05, 0) is 41.7 Å². The van der Waals surface area contributed by atoms with Crippen molar-refractivity contribution in [2.45, 2.75) is 18.9 Å². The van der Waals surface area contributed by atoms with E-state index in [0.717, 1.165) is 24.2 Å². The molecule has 2 aromatic carbocycles. The van der Waals surface area contributed by atoms with E-state index in [2.05, 4.69) is 12.1 Å². The molecule has 0 radical (unpaired) electrons. The minimum Gasteiger partial charge on any atom is -0.497 e. The minimum atomic E-state index is -0.540. The molecule has 0 saturated carbocycles. The van der Waals surface area contributed by atoms with Crippen molar-refractivity contribution in [2.24, 2.45) is 0 Å². The molecule has 0 aliphatic carbocycles. The van der Waals surface area contributed by atoms with Crippen LogP contribution in [0.1, 0.15) is 22.8 Å². The van der Waals surface area contributed by atoms with Gasteiger partial charge in [-0.25, -0.2) is 0 Å². The zero-order chi connectivity index (χ0) is 16.9. The monoisotopic (exact) mass is 325 g/mol. The van der Waals surface area contributed by atoms with Gasteiger partial charge in [-0.15, -0.1) is 0 Å². The van der Waals surface area contributed by atoms with Gasteiger partial charge in [0.1, 0.15) is 5.75 Å². The van der Waals surface area contributed by atoms with Crippen LogP contribution in [0.5, 0.6) is 5.75 Å². The Labute approximate surface area is 143 Å². The number of benzene rings is 2. The molecule has 1 amide bonds.